The molecule has 0 unspecified atom stereocenters. The third kappa shape index (κ3) is 5.67. The maximum Gasteiger partial charge on any atom is 0.226 e. The standard InChI is InChI=1S/C22H22N2O2/c25-22(24-20-9-5-2-6-10-20)15-16-23-19-11-13-21(14-12-19)26-17-18-7-3-1-4-8-18/h1-14,23H,15-17H2,(H,24,25). The fourth-order valence-electron chi connectivity index (χ4n) is 2.48. The van der Waals surface area contributed by atoms with Crippen molar-refractivity contribution in [1.82, 2.24) is 0 Å². The minimum Gasteiger partial charge on any atom is -0.489 e. The summed E-state index contributed by atoms with van der Waals surface area (Å²) >= 11 is 0. The third-order valence-electron chi connectivity index (χ3n) is 3.84. The Morgan fingerprint density at radius 2 is 1.42 bits per heavy atom. The number of anilines is 2. The number of nitrogens with one attached hydrogen (secondary N) is 2. The van der Waals surface area contributed by atoms with Crippen LogP contribution >= 0.6 is 0 Å². The van der Waals surface area contributed by atoms with Crippen molar-refractivity contribution in [3.05, 3.63) is 90.5 Å². The molecule has 0 saturated carbocycles. The number of rotatable bonds is 8. The third-order valence-corrected chi connectivity index (χ3v) is 3.84. The molecule has 4 heteroatoms. The summed E-state index contributed by atoms with van der Waals surface area (Å²) in [5, 5.41) is 6.12. The highest BCUT2D eigenvalue weighted by Crippen LogP contribution is 2.17. The van der Waals surface area contributed by atoms with E-state index in [1.165, 1.54) is 0 Å². The quantitative estimate of drug-likeness (QED) is 0.621. The van der Waals surface area contributed by atoms with Crippen LogP contribution < -0.4 is 15.4 Å². The molecule has 0 radical (unpaired) electrons. The lowest BCUT2D eigenvalue weighted by molar-refractivity contribution is -0.115. The molecular formula is C22H22N2O2. The maximum absolute atomic E-state index is 11.9. The average molecular weight is 346 g/mol. The van der Waals surface area contributed by atoms with Gasteiger partial charge in [-0.25, -0.2) is 0 Å². The van der Waals surface area contributed by atoms with Gasteiger partial charge in [-0.15, -0.1) is 0 Å². The van der Waals surface area contributed by atoms with Crippen molar-refractivity contribution in [3.8, 4) is 5.75 Å². The van der Waals surface area contributed by atoms with Crippen LogP contribution in [0, 0.1) is 0 Å². The Kier molecular flexibility index (Phi) is 6.26. The van der Waals surface area contributed by atoms with Crippen molar-refractivity contribution < 1.29 is 9.53 Å². The zero-order valence-corrected chi connectivity index (χ0v) is 14.5. The number of hydrogen-bond donors (Lipinski definition) is 2. The average Bonchev–Trinajstić information content (AvgIpc) is 2.69. The molecule has 3 aromatic rings. The zero-order chi connectivity index (χ0) is 18.0. The summed E-state index contributed by atoms with van der Waals surface area (Å²) in [4.78, 5) is 11.9. The topological polar surface area (TPSA) is 50.4 Å². The second kappa shape index (κ2) is 9.28. The molecule has 0 heterocycles. The summed E-state index contributed by atoms with van der Waals surface area (Å²) < 4.78 is 5.76. The van der Waals surface area contributed by atoms with Crippen molar-refractivity contribution in [2.75, 3.05) is 17.2 Å². The lowest BCUT2D eigenvalue weighted by Gasteiger charge is -2.09. The van der Waals surface area contributed by atoms with Crippen LogP contribution in [0.15, 0.2) is 84.9 Å². The van der Waals surface area contributed by atoms with Gasteiger partial charge in [0.05, 0.1) is 0 Å². The molecule has 26 heavy (non-hydrogen) atoms. The molecule has 0 spiro atoms. The van der Waals surface area contributed by atoms with E-state index < -0.39 is 0 Å². The minimum atomic E-state index is -0.00786. The largest absolute Gasteiger partial charge is 0.489 e. The first-order valence-corrected chi connectivity index (χ1v) is 8.65. The van der Waals surface area contributed by atoms with E-state index in [0.29, 0.717) is 19.6 Å². The fraction of sp³-hybridized carbons (Fsp3) is 0.136. The lowest BCUT2D eigenvalue weighted by atomic mass is 10.2. The molecule has 0 saturated heterocycles. The van der Waals surface area contributed by atoms with Gasteiger partial charge in [-0.3, -0.25) is 4.79 Å². The van der Waals surface area contributed by atoms with E-state index in [1.54, 1.807) is 0 Å². The zero-order valence-electron chi connectivity index (χ0n) is 14.5. The number of carbonyl (C=O) groups is 1. The predicted octanol–water partition coefficient (Wildman–Crippen LogP) is 4.71. The first-order chi connectivity index (χ1) is 12.8. The van der Waals surface area contributed by atoms with E-state index in [2.05, 4.69) is 10.6 Å². The van der Waals surface area contributed by atoms with E-state index in [0.717, 1.165) is 22.7 Å². The normalized spacial score (nSPS) is 10.2. The van der Waals surface area contributed by atoms with Gasteiger partial charge < -0.3 is 15.4 Å². The van der Waals surface area contributed by atoms with Crippen molar-refractivity contribution in [2.24, 2.45) is 0 Å². The second-order valence-corrected chi connectivity index (χ2v) is 5.89. The molecule has 0 fully saturated rings. The van der Waals surface area contributed by atoms with E-state index in [1.807, 2.05) is 84.9 Å². The van der Waals surface area contributed by atoms with Crippen LogP contribution in [0.3, 0.4) is 0 Å². The van der Waals surface area contributed by atoms with E-state index in [9.17, 15) is 4.79 Å². The van der Waals surface area contributed by atoms with Gasteiger partial charge >= 0.3 is 0 Å². The number of ether oxygens (including phenoxy) is 1. The first-order valence-electron chi connectivity index (χ1n) is 8.65. The number of amides is 1. The van der Waals surface area contributed by atoms with E-state index in [-0.39, 0.29) is 5.91 Å². The number of para-hydroxylation sites is 1. The Labute approximate surface area is 153 Å². The van der Waals surface area contributed by atoms with Crippen molar-refractivity contribution >= 4 is 17.3 Å². The van der Waals surface area contributed by atoms with Crippen LogP contribution in [0.25, 0.3) is 0 Å². The molecule has 3 aromatic carbocycles. The summed E-state index contributed by atoms with van der Waals surface area (Å²) in [7, 11) is 0. The van der Waals surface area contributed by atoms with Crippen LogP contribution in [-0.4, -0.2) is 12.5 Å². The first kappa shape index (κ1) is 17.5. The number of benzene rings is 3. The number of hydrogen-bond acceptors (Lipinski definition) is 3. The van der Waals surface area contributed by atoms with Crippen LogP contribution in [0.1, 0.15) is 12.0 Å². The molecule has 0 bridgehead atoms. The van der Waals surface area contributed by atoms with Crippen LogP contribution in [0.4, 0.5) is 11.4 Å². The molecule has 4 nitrogen and oxygen atoms in total. The molecule has 2 N–H and O–H groups in total. The maximum atomic E-state index is 11.9. The monoisotopic (exact) mass is 346 g/mol. The van der Waals surface area contributed by atoms with Gasteiger partial charge in [0.15, 0.2) is 0 Å². The highest BCUT2D eigenvalue weighted by molar-refractivity contribution is 5.90. The summed E-state index contributed by atoms with van der Waals surface area (Å²) in [6.07, 6.45) is 0.404. The fourth-order valence-corrected chi connectivity index (χ4v) is 2.48. The molecule has 1 amide bonds. The van der Waals surface area contributed by atoms with Crippen LogP contribution in [0.5, 0.6) is 5.75 Å². The molecular weight excluding hydrogens is 324 g/mol. The van der Waals surface area contributed by atoms with Crippen LogP contribution in [-0.2, 0) is 11.4 Å². The summed E-state index contributed by atoms with van der Waals surface area (Å²) in [6, 6.07) is 27.3. The second-order valence-electron chi connectivity index (χ2n) is 5.89. The summed E-state index contributed by atoms with van der Waals surface area (Å²) in [6.45, 7) is 1.12. The Hall–Kier alpha value is -3.27. The van der Waals surface area contributed by atoms with Gasteiger partial charge in [0.25, 0.3) is 0 Å². The van der Waals surface area contributed by atoms with Crippen molar-refractivity contribution in [3.63, 3.8) is 0 Å². The summed E-state index contributed by atoms with van der Waals surface area (Å²) in [5.41, 5.74) is 2.92. The van der Waals surface area contributed by atoms with Crippen LogP contribution in [0.2, 0.25) is 0 Å². The smallest absolute Gasteiger partial charge is 0.226 e. The molecule has 0 aliphatic carbocycles. The van der Waals surface area contributed by atoms with E-state index >= 15 is 0 Å². The molecule has 0 atom stereocenters. The molecule has 0 aromatic heterocycles. The molecule has 132 valence electrons. The van der Waals surface area contributed by atoms with Crippen molar-refractivity contribution in [1.29, 1.82) is 0 Å². The predicted molar refractivity (Wildman–Crippen MR) is 105 cm³/mol. The van der Waals surface area contributed by atoms with Crippen molar-refractivity contribution in [2.45, 2.75) is 13.0 Å². The Morgan fingerprint density at radius 1 is 0.769 bits per heavy atom. The lowest BCUT2D eigenvalue weighted by Crippen LogP contribution is -2.16. The minimum absolute atomic E-state index is 0.00786. The van der Waals surface area contributed by atoms with Gasteiger partial charge in [-0.1, -0.05) is 48.5 Å². The molecule has 0 aliphatic rings. The van der Waals surface area contributed by atoms with Gasteiger partial charge in [0, 0.05) is 24.3 Å². The Balaban J connectivity index is 1.39. The number of carbonyl (C=O) groups excluding carboxylic acids is 1. The Morgan fingerprint density at radius 3 is 2.12 bits per heavy atom. The summed E-state index contributed by atoms with van der Waals surface area (Å²) in [5.74, 6) is 0.813. The molecule has 0 aliphatic heterocycles. The van der Waals surface area contributed by atoms with E-state index in [4.69, 9.17) is 4.74 Å². The Bertz CT molecular complexity index is 803. The SMILES string of the molecule is O=C(CCNc1ccc(OCc2ccccc2)cc1)Nc1ccccc1. The van der Waals surface area contributed by atoms with Gasteiger partial charge in [-0.05, 0) is 42.0 Å². The van der Waals surface area contributed by atoms with Gasteiger partial charge in [0.1, 0.15) is 12.4 Å². The van der Waals surface area contributed by atoms with Gasteiger partial charge in [-0.2, -0.15) is 0 Å². The highest BCUT2D eigenvalue weighted by Gasteiger charge is 2.02. The van der Waals surface area contributed by atoms with Gasteiger partial charge in [0.2, 0.25) is 5.91 Å². The highest BCUT2D eigenvalue weighted by atomic mass is 16.5. The molecule has 3 rings (SSSR count).